The quantitative estimate of drug-likeness (QED) is 0.717. The molecule has 0 saturated heterocycles. The first kappa shape index (κ1) is 16.7. The number of tetrazole rings is 1. The summed E-state index contributed by atoms with van der Waals surface area (Å²) in [5.41, 5.74) is 1.28. The Morgan fingerprint density at radius 2 is 1.68 bits per heavy atom. The van der Waals surface area contributed by atoms with Crippen molar-refractivity contribution in [1.29, 1.82) is 5.41 Å². The molecule has 0 aliphatic rings. The summed E-state index contributed by atoms with van der Waals surface area (Å²) in [7, 11) is 0. The molecule has 22 heavy (non-hydrogen) atoms. The second-order valence-corrected chi connectivity index (χ2v) is 5.95. The van der Waals surface area contributed by atoms with Crippen molar-refractivity contribution in [2.45, 2.75) is 58.5 Å². The molecule has 0 atom stereocenters. The minimum Gasteiger partial charge on any atom is -0.266 e. The molecule has 0 bridgehead atoms. The van der Waals surface area contributed by atoms with Crippen molar-refractivity contribution in [3.05, 3.63) is 40.5 Å². The van der Waals surface area contributed by atoms with Crippen LogP contribution in [0.4, 0.5) is 0 Å². The highest BCUT2D eigenvalue weighted by Gasteiger charge is 2.06. The van der Waals surface area contributed by atoms with Gasteiger partial charge in [-0.05, 0) is 28.5 Å². The predicted octanol–water partition coefficient (Wildman–Crippen LogP) is 3.62. The van der Waals surface area contributed by atoms with Gasteiger partial charge in [0.25, 0.3) is 0 Å². The minimum atomic E-state index is 0.327. The molecule has 1 heterocycles. The molecule has 6 heteroatoms. The Kier molecular flexibility index (Phi) is 6.65. The third kappa shape index (κ3) is 4.70. The van der Waals surface area contributed by atoms with Crippen LogP contribution in [0.3, 0.4) is 0 Å². The molecule has 0 saturated carbocycles. The van der Waals surface area contributed by atoms with Gasteiger partial charge in [-0.15, -0.1) is 0 Å². The Morgan fingerprint density at radius 1 is 1.00 bits per heavy atom. The number of nitrogens with one attached hydrogen (secondary N) is 1. The van der Waals surface area contributed by atoms with Crippen LogP contribution in [0.25, 0.3) is 0 Å². The van der Waals surface area contributed by atoms with Crippen LogP contribution < -0.4 is 5.62 Å². The lowest BCUT2D eigenvalue weighted by atomic mass is 10.1. The maximum Gasteiger partial charge on any atom is 0.238 e. The summed E-state index contributed by atoms with van der Waals surface area (Å²) >= 11 is 6.15. The van der Waals surface area contributed by atoms with Gasteiger partial charge in [-0.1, -0.05) is 68.8 Å². The summed E-state index contributed by atoms with van der Waals surface area (Å²) in [6, 6.07) is 7.63. The van der Waals surface area contributed by atoms with E-state index in [9.17, 15) is 0 Å². The maximum atomic E-state index is 8.15. The predicted molar refractivity (Wildman–Crippen MR) is 87.8 cm³/mol. The van der Waals surface area contributed by atoms with Crippen LogP contribution in [0, 0.1) is 5.41 Å². The number of nitrogens with zero attached hydrogens (tertiary/aromatic N) is 4. The number of hydrogen-bond donors (Lipinski definition) is 1. The largest absolute Gasteiger partial charge is 0.266 e. The molecule has 0 amide bonds. The Balaban J connectivity index is 1.87. The van der Waals surface area contributed by atoms with Crippen molar-refractivity contribution >= 4 is 11.6 Å². The van der Waals surface area contributed by atoms with E-state index in [1.165, 1.54) is 32.1 Å². The van der Waals surface area contributed by atoms with Crippen LogP contribution in [-0.2, 0) is 13.1 Å². The van der Waals surface area contributed by atoms with Crippen LogP contribution in [0.1, 0.15) is 51.0 Å². The maximum absolute atomic E-state index is 8.15. The van der Waals surface area contributed by atoms with E-state index in [0.29, 0.717) is 17.2 Å². The highest BCUT2D eigenvalue weighted by molar-refractivity contribution is 6.31. The van der Waals surface area contributed by atoms with Crippen molar-refractivity contribution in [3.8, 4) is 0 Å². The molecule has 5 nitrogen and oxygen atoms in total. The van der Waals surface area contributed by atoms with E-state index in [1.807, 2.05) is 24.3 Å². The van der Waals surface area contributed by atoms with E-state index in [1.54, 1.807) is 9.36 Å². The summed E-state index contributed by atoms with van der Waals surface area (Å²) in [6.45, 7) is 3.46. The van der Waals surface area contributed by atoms with E-state index in [0.717, 1.165) is 18.5 Å². The molecule has 0 radical (unpaired) electrons. The molecule has 120 valence electrons. The lowest BCUT2D eigenvalue weighted by molar-refractivity contribution is 0.499. The lowest BCUT2D eigenvalue weighted by Gasteiger charge is -2.03. The van der Waals surface area contributed by atoms with E-state index in [2.05, 4.69) is 17.4 Å². The smallest absolute Gasteiger partial charge is 0.238 e. The Labute approximate surface area is 136 Å². The Morgan fingerprint density at radius 3 is 2.45 bits per heavy atom. The van der Waals surface area contributed by atoms with Crippen molar-refractivity contribution < 1.29 is 0 Å². The molecule has 2 rings (SSSR count). The first-order chi connectivity index (χ1) is 10.7. The van der Waals surface area contributed by atoms with Gasteiger partial charge in [0.2, 0.25) is 5.62 Å². The number of rotatable bonds is 9. The molecule has 0 fully saturated rings. The fourth-order valence-corrected chi connectivity index (χ4v) is 2.60. The average Bonchev–Trinajstić information content (AvgIpc) is 2.86. The van der Waals surface area contributed by atoms with Crippen molar-refractivity contribution in [3.63, 3.8) is 0 Å². The topological polar surface area (TPSA) is 59.5 Å². The van der Waals surface area contributed by atoms with Crippen LogP contribution >= 0.6 is 11.6 Å². The number of aryl methyl sites for hydroxylation is 1. The van der Waals surface area contributed by atoms with Gasteiger partial charge in [0.1, 0.15) is 0 Å². The van der Waals surface area contributed by atoms with Crippen LogP contribution in [0.2, 0.25) is 5.02 Å². The second-order valence-electron chi connectivity index (χ2n) is 5.54. The average molecular weight is 322 g/mol. The van der Waals surface area contributed by atoms with Gasteiger partial charge in [-0.2, -0.15) is 0 Å². The highest BCUT2D eigenvalue weighted by atomic mass is 35.5. The van der Waals surface area contributed by atoms with Gasteiger partial charge in [0.15, 0.2) is 0 Å². The molecule has 1 aromatic carbocycles. The van der Waals surface area contributed by atoms with Crippen LogP contribution in [0.5, 0.6) is 0 Å². The zero-order chi connectivity index (χ0) is 15.8. The molecule has 0 aliphatic heterocycles. The monoisotopic (exact) mass is 321 g/mol. The van der Waals surface area contributed by atoms with Crippen LogP contribution in [0.15, 0.2) is 24.3 Å². The number of aromatic nitrogens is 4. The molecule has 0 unspecified atom stereocenters. The van der Waals surface area contributed by atoms with Gasteiger partial charge < -0.3 is 0 Å². The Bertz CT molecular complexity index is 631. The summed E-state index contributed by atoms with van der Waals surface area (Å²) < 4.78 is 3.25. The van der Waals surface area contributed by atoms with Crippen molar-refractivity contribution in [2.24, 2.45) is 0 Å². The van der Waals surface area contributed by atoms with E-state index in [4.69, 9.17) is 17.0 Å². The normalized spacial score (nSPS) is 11.0. The molecule has 0 spiro atoms. The summed E-state index contributed by atoms with van der Waals surface area (Å²) in [4.78, 5) is 0. The number of hydrogen-bond acceptors (Lipinski definition) is 3. The zero-order valence-electron chi connectivity index (χ0n) is 13.1. The van der Waals surface area contributed by atoms with Gasteiger partial charge >= 0.3 is 0 Å². The SMILES string of the molecule is CCCCCCCCn1nnn(Cc2ccccc2Cl)c1=N. The van der Waals surface area contributed by atoms with Crippen LogP contribution in [-0.4, -0.2) is 19.8 Å². The molecule has 0 aliphatic carbocycles. The van der Waals surface area contributed by atoms with Gasteiger partial charge in [-0.25, -0.2) is 9.36 Å². The van der Waals surface area contributed by atoms with Gasteiger partial charge in [0, 0.05) is 11.6 Å². The number of benzene rings is 1. The molecular weight excluding hydrogens is 298 g/mol. The molecule has 2 aromatic rings. The van der Waals surface area contributed by atoms with E-state index < -0.39 is 0 Å². The van der Waals surface area contributed by atoms with Gasteiger partial charge in [-0.3, -0.25) is 5.41 Å². The second kappa shape index (κ2) is 8.73. The minimum absolute atomic E-state index is 0.327. The standard InChI is InChI=1S/C16H24ClN5/c1-2-3-4-5-6-9-12-21-16(18)22(20-19-21)13-14-10-7-8-11-15(14)17/h7-8,10-11,18H,2-6,9,12-13H2,1H3. The molecular formula is C16H24ClN5. The number of halogens is 1. The summed E-state index contributed by atoms with van der Waals surface area (Å²) in [5.74, 6) is 0. The first-order valence-corrected chi connectivity index (χ1v) is 8.38. The van der Waals surface area contributed by atoms with E-state index >= 15 is 0 Å². The van der Waals surface area contributed by atoms with Crippen molar-refractivity contribution in [1.82, 2.24) is 19.8 Å². The fraction of sp³-hybridized carbons (Fsp3) is 0.562. The van der Waals surface area contributed by atoms with Crippen molar-refractivity contribution in [2.75, 3.05) is 0 Å². The highest BCUT2D eigenvalue weighted by Crippen LogP contribution is 2.15. The Hall–Kier alpha value is -1.62. The third-order valence-corrected chi connectivity index (χ3v) is 4.12. The number of unbranched alkanes of at least 4 members (excludes halogenated alkanes) is 5. The molecule has 1 aromatic heterocycles. The zero-order valence-corrected chi connectivity index (χ0v) is 13.9. The molecule has 1 N–H and O–H groups in total. The van der Waals surface area contributed by atoms with Gasteiger partial charge in [0.05, 0.1) is 6.54 Å². The summed E-state index contributed by atoms with van der Waals surface area (Å²) in [5, 5.41) is 17.0. The fourth-order valence-electron chi connectivity index (χ4n) is 2.40. The first-order valence-electron chi connectivity index (χ1n) is 8.01. The summed E-state index contributed by atoms with van der Waals surface area (Å²) in [6.07, 6.45) is 7.37. The van der Waals surface area contributed by atoms with E-state index in [-0.39, 0.29) is 0 Å². The lowest BCUT2D eigenvalue weighted by Crippen LogP contribution is -2.26. The third-order valence-electron chi connectivity index (χ3n) is 3.75.